The Morgan fingerprint density at radius 1 is 1.32 bits per heavy atom. The molecule has 1 aromatic rings. The van der Waals surface area contributed by atoms with Crippen LogP contribution in [0.25, 0.3) is 0 Å². The lowest BCUT2D eigenvalue weighted by Crippen LogP contribution is -2.41. The quantitative estimate of drug-likeness (QED) is 0.793. The van der Waals surface area contributed by atoms with Gasteiger partial charge in [-0.25, -0.2) is 8.42 Å². The Hall–Kier alpha value is -0.430. The lowest BCUT2D eigenvalue weighted by atomic mass is 10.2. The average molecular weight is 322 g/mol. The van der Waals surface area contributed by atoms with Crippen molar-refractivity contribution in [1.82, 2.24) is 4.31 Å². The zero-order valence-electron chi connectivity index (χ0n) is 10.6. The fourth-order valence-electron chi connectivity index (χ4n) is 2.01. The highest BCUT2D eigenvalue weighted by Gasteiger charge is 2.29. The smallest absolute Gasteiger partial charge is 0.243 e. The largest absolute Gasteiger partial charge is 0.259 e. The molecule has 1 aromatic carbocycles. The van der Waals surface area contributed by atoms with E-state index in [9.17, 15) is 12.6 Å². The molecular weight excluding hydrogens is 306 g/mol. The van der Waals surface area contributed by atoms with Gasteiger partial charge < -0.3 is 0 Å². The van der Waals surface area contributed by atoms with Crippen molar-refractivity contribution in [1.29, 1.82) is 0 Å². The van der Waals surface area contributed by atoms with Crippen molar-refractivity contribution in [2.45, 2.75) is 17.7 Å². The second-order valence-electron chi connectivity index (χ2n) is 4.49. The summed E-state index contributed by atoms with van der Waals surface area (Å²) >= 11 is 5.76. The first-order chi connectivity index (χ1) is 8.95. The Bertz CT molecular complexity index is 591. The maximum Gasteiger partial charge on any atom is 0.243 e. The summed E-state index contributed by atoms with van der Waals surface area (Å²) in [7, 11) is -4.40. The number of nitrogens with zero attached hydrogens (tertiary/aromatic N) is 1. The van der Waals surface area contributed by atoms with Crippen LogP contribution in [0.5, 0.6) is 0 Å². The van der Waals surface area contributed by atoms with Crippen LogP contribution in [-0.2, 0) is 26.7 Å². The zero-order chi connectivity index (χ0) is 14.0. The molecule has 0 unspecified atom stereocenters. The molecule has 7 heteroatoms. The van der Waals surface area contributed by atoms with E-state index in [0.717, 1.165) is 5.56 Å². The van der Waals surface area contributed by atoms with Crippen molar-refractivity contribution in [2.24, 2.45) is 0 Å². The maximum absolute atomic E-state index is 12.6. The Balaban J connectivity index is 2.36. The molecule has 0 amide bonds. The van der Waals surface area contributed by atoms with Gasteiger partial charge in [0.1, 0.15) is 0 Å². The number of benzene rings is 1. The summed E-state index contributed by atoms with van der Waals surface area (Å²) in [6.07, 6.45) is 0. The van der Waals surface area contributed by atoms with Gasteiger partial charge in [0.15, 0.2) is 0 Å². The molecule has 0 spiro atoms. The van der Waals surface area contributed by atoms with E-state index in [2.05, 4.69) is 0 Å². The van der Waals surface area contributed by atoms with Crippen LogP contribution in [0.2, 0.25) is 0 Å². The van der Waals surface area contributed by atoms with Crippen LogP contribution >= 0.6 is 11.6 Å². The topological polar surface area (TPSA) is 54.5 Å². The molecule has 106 valence electrons. The summed E-state index contributed by atoms with van der Waals surface area (Å²) < 4.78 is 37.9. The first kappa shape index (κ1) is 15.0. The number of alkyl halides is 1. The molecule has 1 heterocycles. The van der Waals surface area contributed by atoms with Crippen molar-refractivity contribution in [3.8, 4) is 0 Å². The zero-order valence-corrected chi connectivity index (χ0v) is 13.0. The molecule has 0 radical (unpaired) electrons. The summed E-state index contributed by atoms with van der Waals surface area (Å²) in [5, 5.41) is 0. The van der Waals surface area contributed by atoms with Crippen molar-refractivity contribution in [2.75, 3.05) is 24.6 Å². The highest BCUT2D eigenvalue weighted by atomic mass is 35.5. The van der Waals surface area contributed by atoms with Gasteiger partial charge in [-0.05, 0) is 24.1 Å². The van der Waals surface area contributed by atoms with Crippen LogP contribution in [0, 0.1) is 6.92 Å². The average Bonchev–Trinajstić information content (AvgIpc) is 2.39. The van der Waals surface area contributed by atoms with Gasteiger partial charge in [0.05, 0.1) is 4.90 Å². The molecule has 19 heavy (non-hydrogen) atoms. The molecule has 1 aliphatic heterocycles. The van der Waals surface area contributed by atoms with Crippen LogP contribution < -0.4 is 0 Å². The lowest BCUT2D eigenvalue weighted by molar-refractivity contribution is 0.438. The number of halogens is 1. The minimum absolute atomic E-state index is 0.285. The molecule has 2 rings (SSSR count). The summed E-state index contributed by atoms with van der Waals surface area (Å²) in [5.41, 5.74) is 1.49. The van der Waals surface area contributed by atoms with E-state index >= 15 is 0 Å². The Morgan fingerprint density at radius 3 is 2.53 bits per heavy atom. The Kier molecular flexibility index (Phi) is 4.66. The van der Waals surface area contributed by atoms with Gasteiger partial charge in [-0.2, -0.15) is 4.31 Å². The van der Waals surface area contributed by atoms with E-state index in [1.54, 1.807) is 19.1 Å². The summed E-state index contributed by atoms with van der Waals surface area (Å²) in [5.74, 6) is 1.10. The highest BCUT2D eigenvalue weighted by Crippen LogP contribution is 2.23. The second-order valence-corrected chi connectivity index (χ2v) is 8.36. The predicted molar refractivity (Wildman–Crippen MR) is 77.4 cm³/mol. The van der Waals surface area contributed by atoms with Crippen LogP contribution in [0.1, 0.15) is 11.1 Å². The third-order valence-electron chi connectivity index (χ3n) is 3.16. The third-order valence-corrected chi connectivity index (χ3v) is 6.79. The molecule has 0 atom stereocenters. The normalized spacial score (nSPS) is 18.6. The molecule has 0 aromatic heterocycles. The third kappa shape index (κ3) is 3.18. The monoisotopic (exact) mass is 321 g/mol. The first-order valence-corrected chi connectivity index (χ1v) is 9.42. The fourth-order valence-corrected chi connectivity index (χ4v) is 5.17. The standard InChI is InChI=1S/C12H16ClNO3S2/c1-10-2-3-11(9-13)8-12(10)19(16,17)14-4-6-18(15)7-5-14/h2-3,8H,4-7,9H2,1H3. The van der Waals surface area contributed by atoms with E-state index in [4.69, 9.17) is 11.6 Å². The van der Waals surface area contributed by atoms with Gasteiger partial charge >= 0.3 is 0 Å². The lowest BCUT2D eigenvalue weighted by Gasteiger charge is -2.26. The van der Waals surface area contributed by atoms with Gasteiger partial charge in [-0.3, -0.25) is 4.21 Å². The van der Waals surface area contributed by atoms with E-state index in [1.165, 1.54) is 4.31 Å². The van der Waals surface area contributed by atoms with Gasteiger partial charge in [-0.1, -0.05) is 12.1 Å². The minimum Gasteiger partial charge on any atom is -0.259 e. The number of hydrogen-bond donors (Lipinski definition) is 0. The molecule has 1 saturated heterocycles. The summed E-state index contributed by atoms with van der Waals surface area (Å²) in [4.78, 5) is 0.304. The first-order valence-electron chi connectivity index (χ1n) is 5.96. The van der Waals surface area contributed by atoms with Crippen LogP contribution in [0.15, 0.2) is 23.1 Å². The van der Waals surface area contributed by atoms with Crippen molar-refractivity contribution in [3.63, 3.8) is 0 Å². The van der Waals surface area contributed by atoms with Crippen LogP contribution in [0.3, 0.4) is 0 Å². The summed E-state index contributed by atoms with van der Waals surface area (Å²) in [6, 6.07) is 5.22. The number of aryl methyl sites for hydroxylation is 1. The fraction of sp³-hybridized carbons (Fsp3) is 0.500. The summed E-state index contributed by atoms with van der Waals surface area (Å²) in [6.45, 7) is 2.41. The van der Waals surface area contributed by atoms with Crippen molar-refractivity contribution < 1.29 is 12.6 Å². The molecule has 0 bridgehead atoms. The van der Waals surface area contributed by atoms with E-state index in [-0.39, 0.29) is 5.88 Å². The maximum atomic E-state index is 12.6. The minimum atomic E-state index is -3.51. The molecular formula is C12H16ClNO3S2. The van der Waals surface area contributed by atoms with Gasteiger partial charge in [0.2, 0.25) is 10.0 Å². The Labute approximate surface area is 121 Å². The predicted octanol–water partition coefficient (Wildman–Crippen LogP) is 1.49. The molecule has 0 saturated carbocycles. The Morgan fingerprint density at radius 2 is 1.95 bits per heavy atom. The van der Waals surface area contributed by atoms with Gasteiger partial charge in [0, 0.05) is 41.3 Å². The number of rotatable bonds is 3. The van der Waals surface area contributed by atoms with Crippen molar-refractivity contribution in [3.05, 3.63) is 29.3 Å². The van der Waals surface area contributed by atoms with Crippen LogP contribution in [0.4, 0.5) is 0 Å². The van der Waals surface area contributed by atoms with E-state index in [0.29, 0.717) is 35.1 Å². The van der Waals surface area contributed by atoms with E-state index in [1.807, 2.05) is 6.07 Å². The van der Waals surface area contributed by atoms with Gasteiger partial charge in [-0.15, -0.1) is 11.6 Å². The highest BCUT2D eigenvalue weighted by molar-refractivity contribution is 7.89. The van der Waals surface area contributed by atoms with E-state index < -0.39 is 20.8 Å². The van der Waals surface area contributed by atoms with Crippen LogP contribution in [-0.4, -0.2) is 41.5 Å². The second kappa shape index (κ2) is 5.91. The number of sulfonamides is 1. The van der Waals surface area contributed by atoms with Gasteiger partial charge in [0.25, 0.3) is 0 Å². The van der Waals surface area contributed by atoms with Crippen molar-refractivity contribution >= 4 is 32.4 Å². The molecule has 4 nitrogen and oxygen atoms in total. The molecule has 1 fully saturated rings. The molecule has 0 aliphatic carbocycles. The molecule has 1 aliphatic rings. The SMILES string of the molecule is Cc1ccc(CCl)cc1S(=O)(=O)N1CCS(=O)CC1. The number of hydrogen-bond acceptors (Lipinski definition) is 3. The molecule has 0 N–H and O–H groups in total.